The molecule has 0 saturated carbocycles. The van der Waals surface area contributed by atoms with E-state index in [9.17, 15) is 9.59 Å². The van der Waals surface area contributed by atoms with E-state index in [4.69, 9.17) is 9.47 Å². The third-order valence-electron chi connectivity index (χ3n) is 2.94. The van der Waals surface area contributed by atoms with Crippen molar-refractivity contribution in [3.8, 4) is 11.5 Å². The van der Waals surface area contributed by atoms with Gasteiger partial charge in [0, 0.05) is 26.1 Å². The molecule has 1 aromatic rings. The average Bonchev–Trinajstić information content (AvgIpc) is 2.45. The Labute approximate surface area is 125 Å². The summed E-state index contributed by atoms with van der Waals surface area (Å²) >= 11 is 0. The Bertz CT molecular complexity index is 539. The van der Waals surface area contributed by atoms with Crippen molar-refractivity contribution >= 4 is 17.5 Å². The number of hydrogen-bond acceptors (Lipinski definition) is 4. The van der Waals surface area contributed by atoms with E-state index in [1.165, 1.54) is 19.1 Å². The smallest absolute Gasteiger partial charge is 0.255 e. The van der Waals surface area contributed by atoms with Crippen LogP contribution in [0.25, 0.3) is 0 Å². The van der Waals surface area contributed by atoms with E-state index < -0.39 is 0 Å². The number of carbonyl (C=O) groups is 2. The fraction of sp³-hybridized carbons (Fsp3) is 0.467. The van der Waals surface area contributed by atoms with Gasteiger partial charge in [-0.25, -0.2) is 0 Å². The Morgan fingerprint density at radius 3 is 2.05 bits per heavy atom. The molecule has 0 fully saturated rings. The van der Waals surface area contributed by atoms with Crippen molar-refractivity contribution in [1.82, 2.24) is 4.90 Å². The van der Waals surface area contributed by atoms with E-state index in [2.05, 4.69) is 5.32 Å². The molecule has 0 saturated heterocycles. The summed E-state index contributed by atoms with van der Waals surface area (Å²) in [7, 11) is 6.29. The first kappa shape index (κ1) is 16.8. The first-order valence-electron chi connectivity index (χ1n) is 6.60. The Morgan fingerprint density at radius 1 is 1.10 bits per heavy atom. The molecule has 0 aliphatic carbocycles. The van der Waals surface area contributed by atoms with Gasteiger partial charge in [0.05, 0.1) is 25.5 Å². The highest BCUT2D eigenvalue weighted by Gasteiger charge is 2.20. The number of amides is 2. The average molecular weight is 294 g/mol. The number of nitrogens with one attached hydrogen (secondary N) is 1. The molecule has 2 amide bonds. The second kappa shape index (κ2) is 6.97. The minimum Gasteiger partial charge on any atom is -0.493 e. The zero-order chi connectivity index (χ0) is 16.2. The largest absolute Gasteiger partial charge is 0.493 e. The first-order chi connectivity index (χ1) is 9.81. The number of ether oxygens (including phenoxy) is 2. The Morgan fingerprint density at radius 2 is 1.62 bits per heavy atom. The van der Waals surface area contributed by atoms with Crippen molar-refractivity contribution in [2.45, 2.75) is 13.8 Å². The highest BCUT2D eigenvalue weighted by Crippen LogP contribution is 2.34. The summed E-state index contributed by atoms with van der Waals surface area (Å²) in [6.07, 6.45) is 0. The summed E-state index contributed by atoms with van der Waals surface area (Å²) in [6.45, 7) is 3.56. The first-order valence-corrected chi connectivity index (χ1v) is 6.60. The van der Waals surface area contributed by atoms with Gasteiger partial charge in [-0.3, -0.25) is 9.59 Å². The van der Waals surface area contributed by atoms with Gasteiger partial charge >= 0.3 is 0 Å². The number of anilines is 1. The number of nitrogens with zero attached hydrogens (tertiary/aromatic N) is 1. The minimum atomic E-state index is -0.227. The number of benzene rings is 1. The van der Waals surface area contributed by atoms with Crippen LogP contribution in [0.1, 0.15) is 24.2 Å². The highest BCUT2D eigenvalue weighted by atomic mass is 16.5. The molecular weight excluding hydrogens is 272 g/mol. The molecule has 0 unspecified atom stereocenters. The molecule has 6 nitrogen and oxygen atoms in total. The Hall–Kier alpha value is -2.24. The third kappa shape index (κ3) is 3.87. The van der Waals surface area contributed by atoms with Crippen molar-refractivity contribution < 1.29 is 19.1 Å². The van der Waals surface area contributed by atoms with Gasteiger partial charge in [-0.05, 0) is 6.07 Å². The van der Waals surface area contributed by atoms with Crippen LogP contribution in [0, 0.1) is 5.92 Å². The summed E-state index contributed by atoms with van der Waals surface area (Å²) < 4.78 is 10.4. The summed E-state index contributed by atoms with van der Waals surface area (Å²) in [5.41, 5.74) is 0.761. The molecule has 1 N–H and O–H groups in total. The van der Waals surface area contributed by atoms with Crippen molar-refractivity contribution in [1.29, 1.82) is 0 Å². The number of rotatable bonds is 5. The minimum absolute atomic E-state index is 0.171. The molecule has 0 bridgehead atoms. The Balaban J connectivity index is 3.36. The van der Waals surface area contributed by atoms with Gasteiger partial charge in [-0.2, -0.15) is 0 Å². The van der Waals surface area contributed by atoms with Crippen LogP contribution in [0.5, 0.6) is 11.5 Å². The van der Waals surface area contributed by atoms with Crippen LogP contribution in [0.4, 0.5) is 5.69 Å². The van der Waals surface area contributed by atoms with E-state index in [0.717, 1.165) is 0 Å². The van der Waals surface area contributed by atoms with E-state index in [1.807, 2.05) is 0 Å². The normalized spacial score (nSPS) is 10.2. The fourth-order valence-electron chi connectivity index (χ4n) is 1.68. The summed E-state index contributed by atoms with van der Waals surface area (Å²) in [6, 6.07) is 3.16. The Kier molecular flexibility index (Phi) is 5.58. The van der Waals surface area contributed by atoms with Gasteiger partial charge in [-0.1, -0.05) is 13.8 Å². The predicted molar refractivity (Wildman–Crippen MR) is 81.0 cm³/mol. The van der Waals surface area contributed by atoms with Crippen LogP contribution < -0.4 is 14.8 Å². The molecule has 0 aliphatic heterocycles. The fourth-order valence-corrected chi connectivity index (χ4v) is 1.68. The maximum atomic E-state index is 12.3. The van der Waals surface area contributed by atoms with Crippen LogP contribution in [-0.2, 0) is 4.79 Å². The molecule has 116 valence electrons. The van der Waals surface area contributed by atoms with Crippen LogP contribution in [0.15, 0.2) is 12.1 Å². The van der Waals surface area contributed by atoms with Crippen molar-refractivity contribution in [3.05, 3.63) is 17.7 Å². The van der Waals surface area contributed by atoms with Crippen molar-refractivity contribution in [2.75, 3.05) is 33.6 Å². The van der Waals surface area contributed by atoms with Gasteiger partial charge in [-0.15, -0.1) is 0 Å². The van der Waals surface area contributed by atoms with E-state index in [1.54, 1.807) is 40.1 Å². The van der Waals surface area contributed by atoms with Crippen molar-refractivity contribution in [2.24, 2.45) is 5.92 Å². The van der Waals surface area contributed by atoms with E-state index in [0.29, 0.717) is 22.7 Å². The predicted octanol–water partition coefficient (Wildman–Crippen LogP) is 2.00. The zero-order valence-corrected chi connectivity index (χ0v) is 13.3. The second-order valence-corrected chi connectivity index (χ2v) is 5.10. The number of carbonyl (C=O) groups excluding carboxylic acids is 2. The third-order valence-corrected chi connectivity index (χ3v) is 2.94. The zero-order valence-electron chi connectivity index (χ0n) is 13.3. The topological polar surface area (TPSA) is 67.9 Å². The summed E-state index contributed by atoms with van der Waals surface area (Å²) in [5.74, 6) is 0.294. The van der Waals surface area contributed by atoms with Crippen LogP contribution in [0.3, 0.4) is 0 Å². The quantitative estimate of drug-likeness (QED) is 0.902. The summed E-state index contributed by atoms with van der Waals surface area (Å²) in [4.78, 5) is 25.6. The molecule has 21 heavy (non-hydrogen) atoms. The van der Waals surface area contributed by atoms with E-state index >= 15 is 0 Å². The summed E-state index contributed by atoms with van der Waals surface area (Å²) in [5, 5.41) is 2.75. The van der Waals surface area contributed by atoms with Crippen LogP contribution >= 0.6 is 0 Å². The molecule has 1 rings (SSSR count). The highest BCUT2D eigenvalue weighted by molar-refractivity contribution is 6.04. The molecule has 6 heteroatoms. The van der Waals surface area contributed by atoms with Crippen LogP contribution in [0.2, 0.25) is 0 Å². The maximum absolute atomic E-state index is 12.3. The van der Waals surface area contributed by atoms with E-state index in [-0.39, 0.29) is 17.7 Å². The monoisotopic (exact) mass is 294 g/mol. The number of hydrogen-bond donors (Lipinski definition) is 1. The van der Waals surface area contributed by atoms with Crippen molar-refractivity contribution in [3.63, 3.8) is 0 Å². The molecule has 1 aromatic carbocycles. The maximum Gasteiger partial charge on any atom is 0.255 e. The molecule has 0 atom stereocenters. The van der Waals surface area contributed by atoms with Gasteiger partial charge in [0.2, 0.25) is 5.91 Å². The van der Waals surface area contributed by atoms with Gasteiger partial charge < -0.3 is 19.7 Å². The molecule has 0 radical (unpaired) electrons. The molecule has 0 spiro atoms. The molecular formula is C15H22N2O4. The number of methoxy groups -OCH3 is 2. The van der Waals surface area contributed by atoms with Gasteiger partial charge in [0.25, 0.3) is 5.91 Å². The lowest BCUT2D eigenvalue weighted by Crippen LogP contribution is -2.25. The second-order valence-electron chi connectivity index (χ2n) is 5.10. The van der Waals surface area contributed by atoms with Gasteiger partial charge in [0.15, 0.2) is 11.5 Å². The molecule has 0 heterocycles. The molecule has 0 aliphatic rings. The lowest BCUT2D eigenvalue weighted by atomic mass is 10.1. The lowest BCUT2D eigenvalue weighted by molar-refractivity contribution is -0.118. The SMILES string of the molecule is COc1cc(NC(=O)C(C)C)c(C(=O)N(C)C)cc1OC. The standard InChI is InChI=1S/C15H22N2O4/c1-9(2)14(18)16-11-8-13(21-6)12(20-5)7-10(11)15(19)17(3)4/h7-9H,1-6H3,(H,16,18). The van der Waals surface area contributed by atoms with Gasteiger partial charge in [0.1, 0.15) is 0 Å². The molecule has 0 aromatic heterocycles. The van der Waals surface area contributed by atoms with Crippen LogP contribution in [-0.4, -0.2) is 45.0 Å². The lowest BCUT2D eigenvalue weighted by Gasteiger charge is -2.18.